The van der Waals surface area contributed by atoms with E-state index in [0.29, 0.717) is 30.8 Å². The molecule has 168 valence electrons. The average molecular weight is 437 g/mol. The van der Waals surface area contributed by atoms with Gasteiger partial charge in [-0.05, 0) is 42.2 Å². The first-order chi connectivity index (χ1) is 15.5. The molecule has 0 aliphatic rings. The van der Waals surface area contributed by atoms with Crippen LogP contribution in [0, 0.1) is 5.92 Å². The van der Waals surface area contributed by atoms with Crippen molar-refractivity contribution in [2.75, 3.05) is 20.2 Å². The summed E-state index contributed by atoms with van der Waals surface area (Å²) in [6, 6.07) is 12.7. The van der Waals surface area contributed by atoms with Crippen molar-refractivity contribution in [2.24, 2.45) is 5.92 Å². The second kappa shape index (κ2) is 11.1. The summed E-state index contributed by atoms with van der Waals surface area (Å²) in [6.07, 6.45) is 3.85. The highest BCUT2D eigenvalue weighted by molar-refractivity contribution is 5.94. The average Bonchev–Trinajstić information content (AvgIpc) is 3.27. The maximum absolute atomic E-state index is 12.9. The van der Waals surface area contributed by atoms with E-state index in [1.807, 2.05) is 38.1 Å². The summed E-state index contributed by atoms with van der Waals surface area (Å²) >= 11 is 0. The predicted octanol–water partition coefficient (Wildman–Crippen LogP) is 3.35. The Balaban J connectivity index is 1.57. The summed E-state index contributed by atoms with van der Waals surface area (Å²) in [7, 11) is 1.62. The molecule has 2 heterocycles. The number of rotatable bonds is 10. The quantitative estimate of drug-likeness (QED) is 0.523. The van der Waals surface area contributed by atoms with Crippen molar-refractivity contribution in [2.45, 2.75) is 26.8 Å². The Bertz CT molecular complexity index is 1020. The Morgan fingerprint density at radius 1 is 1.19 bits per heavy atom. The highest BCUT2D eigenvalue weighted by Gasteiger charge is 2.21. The Hall–Kier alpha value is -3.68. The molecule has 3 rings (SSSR count). The fraction of sp³-hybridized carbons (Fsp3) is 0.333. The van der Waals surface area contributed by atoms with Crippen LogP contribution >= 0.6 is 0 Å². The van der Waals surface area contributed by atoms with E-state index in [2.05, 4.69) is 15.5 Å². The van der Waals surface area contributed by atoms with Gasteiger partial charge in [-0.3, -0.25) is 14.6 Å². The van der Waals surface area contributed by atoms with Crippen molar-refractivity contribution < 1.29 is 18.8 Å². The molecule has 3 aromatic rings. The van der Waals surface area contributed by atoms with Crippen molar-refractivity contribution >= 4 is 11.8 Å². The molecule has 32 heavy (non-hydrogen) atoms. The van der Waals surface area contributed by atoms with Gasteiger partial charge in [0.1, 0.15) is 5.75 Å². The van der Waals surface area contributed by atoms with Crippen LogP contribution in [0.1, 0.15) is 46.0 Å². The molecule has 0 saturated carbocycles. The molecule has 8 nitrogen and oxygen atoms in total. The van der Waals surface area contributed by atoms with Gasteiger partial charge in [-0.15, -0.1) is 0 Å². The minimum atomic E-state index is -0.317. The SMILES string of the molecule is COc1ccc(CCNC(=O)c2cc(CN(CC(C)C)C(=O)c3cccnc3)on2)cc1. The Morgan fingerprint density at radius 2 is 1.97 bits per heavy atom. The van der Waals surface area contributed by atoms with Gasteiger partial charge in [0.25, 0.3) is 11.8 Å². The van der Waals surface area contributed by atoms with Crippen molar-refractivity contribution in [1.29, 1.82) is 0 Å². The van der Waals surface area contributed by atoms with E-state index in [0.717, 1.165) is 11.3 Å². The first kappa shape index (κ1) is 23.0. The summed E-state index contributed by atoms with van der Waals surface area (Å²) in [5.41, 5.74) is 1.78. The molecule has 1 aromatic carbocycles. The lowest BCUT2D eigenvalue weighted by atomic mass is 10.1. The molecule has 0 spiro atoms. The number of hydrogen-bond donors (Lipinski definition) is 1. The van der Waals surface area contributed by atoms with E-state index in [9.17, 15) is 9.59 Å². The topological polar surface area (TPSA) is 97.6 Å². The predicted molar refractivity (Wildman–Crippen MR) is 119 cm³/mol. The molecular formula is C24H28N4O4. The first-order valence-corrected chi connectivity index (χ1v) is 10.5. The molecule has 8 heteroatoms. The number of methoxy groups -OCH3 is 1. The molecule has 1 N–H and O–H groups in total. The third-order valence-electron chi connectivity index (χ3n) is 4.78. The molecular weight excluding hydrogens is 408 g/mol. The number of benzene rings is 1. The van der Waals surface area contributed by atoms with E-state index < -0.39 is 0 Å². The third kappa shape index (κ3) is 6.41. The molecule has 0 atom stereocenters. The first-order valence-electron chi connectivity index (χ1n) is 10.5. The maximum atomic E-state index is 12.9. The number of nitrogens with one attached hydrogen (secondary N) is 1. The van der Waals surface area contributed by atoms with Crippen LogP contribution in [-0.4, -0.2) is 47.1 Å². The third-order valence-corrected chi connectivity index (χ3v) is 4.78. The molecule has 0 aliphatic heterocycles. The van der Waals surface area contributed by atoms with Crippen LogP contribution < -0.4 is 10.1 Å². The van der Waals surface area contributed by atoms with Crippen molar-refractivity contribution in [3.63, 3.8) is 0 Å². The molecule has 0 saturated heterocycles. The summed E-state index contributed by atoms with van der Waals surface area (Å²) in [4.78, 5) is 31.0. The monoisotopic (exact) mass is 436 g/mol. The van der Waals surface area contributed by atoms with Crippen LogP contribution in [0.3, 0.4) is 0 Å². The van der Waals surface area contributed by atoms with Crippen molar-refractivity contribution in [3.05, 3.63) is 77.4 Å². The zero-order valence-electron chi connectivity index (χ0n) is 18.6. The summed E-state index contributed by atoms with van der Waals surface area (Å²) < 4.78 is 10.5. The van der Waals surface area contributed by atoms with Gasteiger partial charge >= 0.3 is 0 Å². The lowest BCUT2D eigenvalue weighted by Gasteiger charge is -2.23. The maximum Gasteiger partial charge on any atom is 0.273 e. The number of hydrogen-bond acceptors (Lipinski definition) is 6. The van der Waals surface area contributed by atoms with Gasteiger partial charge in [0.15, 0.2) is 11.5 Å². The van der Waals surface area contributed by atoms with Gasteiger partial charge < -0.3 is 19.5 Å². The van der Waals surface area contributed by atoms with Crippen molar-refractivity contribution in [1.82, 2.24) is 20.4 Å². The smallest absolute Gasteiger partial charge is 0.273 e. The normalized spacial score (nSPS) is 10.8. The van der Waals surface area contributed by atoms with Gasteiger partial charge in [-0.25, -0.2) is 0 Å². The van der Waals surface area contributed by atoms with Crippen LogP contribution in [0.5, 0.6) is 5.75 Å². The van der Waals surface area contributed by atoms with Crippen LogP contribution in [0.4, 0.5) is 0 Å². The highest BCUT2D eigenvalue weighted by atomic mass is 16.5. The van der Waals surface area contributed by atoms with Gasteiger partial charge in [-0.1, -0.05) is 31.1 Å². The lowest BCUT2D eigenvalue weighted by molar-refractivity contribution is 0.0705. The van der Waals surface area contributed by atoms with E-state index in [-0.39, 0.29) is 30.0 Å². The molecule has 0 aliphatic carbocycles. The molecule has 2 aromatic heterocycles. The minimum Gasteiger partial charge on any atom is -0.497 e. The Kier molecular flexibility index (Phi) is 7.96. The van der Waals surface area contributed by atoms with Gasteiger partial charge in [0.05, 0.1) is 19.2 Å². The van der Waals surface area contributed by atoms with Gasteiger partial charge in [0.2, 0.25) is 0 Å². The second-order valence-electron chi connectivity index (χ2n) is 7.85. The van der Waals surface area contributed by atoms with Crippen LogP contribution in [0.2, 0.25) is 0 Å². The van der Waals surface area contributed by atoms with E-state index in [4.69, 9.17) is 9.26 Å². The standard InChI is InChI=1S/C24H28N4O4/c1-17(2)15-28(24(30)19-5-4-11-25-14-19)16-21-13-22(27-32-21)23(29)26-12-10-18-6-8-20(31-3)9-7-18/h4-9,11,13-14,17H,10,12,15-16H2,1-3H3,(H,26,29). The van der Waals surface area contributed by atoms with Crippen LogP contribution in [-0.2, 0) is 13.0 Å². The number of carbonyl (C=O) groups excluding carboxylic acids is 2. The zero-order chi connectivity index (χ0) is 22.9. The molecule has 0 bridgehead atoms. The highest BCUT2D eigenvalue weighted by Crippen LogP contribution is 2.14. The minimum absolute atomic E-state index is 0.145. The Morgan fingerprint density at radius 3 is 2.62 bits per heavy atom. The number of carbonyl (C=O) groups is 2. The summed E-state index contributed by atoms with van der Waals surface area (Å²) in [5.74, 6) is 1.04. The molecule has 0 radical (unpaired) electrons. The number of ether oxygens (including phenoxy) is 1. The fourth-order valence-electron chi connectivity index (χ4n) is 3.22. The second-order valence-corrected chi connectivity index (χ2v) is 7.85. The number of pyridine rings is 1. The fourth-order valence-corrected chi connectivity index (χ4v) is 3.22. The van der Waals surface area contributed by atoms with Gasteiger partial charge in [-0.2, -0.15) is 0 Å². The largest absolute Gasteiger partial charge is 0.497 e. The van der Waals surface area contributed by atoms with E-state index >= 15 is 0 Å². The number of amides is 2. The molecule has 2 amide bonds. The van der Waals surface area contributed by atoms with Crippen LogP contribution in [0.15, 0.2) is 59.4 Å². The summed E-state index contributed by atoms with van der Waals surface area (Å²) in [5, 5.41) is 6.72. The van der Waals surface area contributed by atoms with E-state index in [1.54, 1.807) is 36.4 Å². The lowest BCUT2D eigenvalue weighted by Crippen LogP contribution is -2.33. The molecule has 0 fully saturated rings. The Labute approximate surface area is 187 Å². The summed E-state index contributed by atoms with van der Waals surface area (Å²) in [6.45, 7) is 5.29. The number of nitrogens with zero attached hydrogens (tertiary/aromatic N) is 3. The van der Waals surface area contributed by atoms with E-state index in [1.165, 1.54) is 6.20 Å². The molecule has 0 unspecified atom stereocenters. The van der Waals surface area contributed by atoms with Crippen molar-refractivity contribution in [3.8, 4) is 5.75 Å². The number of aromatic nitrogens is 2. The zero-order valence-corrected chi connectivity index (χ0v) is 18.6. The van der Waals surface area contributed by atoms with Gasteiger partial charge in [0, 0.05) is 31.5 Å². The van der Waals surface area contributed by atoms with Crippen LogP contribution in [0.25, 0.3) is 0 Å².